The smallest absolute Gasteiger partial charge is 0.276 e. The van der Waals surface area contributed by atoms with Crippen LogP contribution in [0.3, 0.4) is 0 Å². The molecule has 1 aliphatic heterocycles. The van der Waals surface area contributed by atoms with Crippen LogP contribution in [0.25, 0.3) is 0 Å². The predicted octanol–water partition coefficient (Wildman–Crippen LogP) is 2.54. The number of benzene rings is 1. The van der Waals surface area contributed by atoms with E-state index in [9.17, 15) is 9.59 Å². The van der Waals surface area contributed by atoms with Gasteiger partial charge in [0.1, 0.15) is 17.6 Å². The van der Waals surface area contributed by atoms with Gasteiger partial charge in [-0.2, -0.15) is 0 Å². The van der Waals surface area contributed by atoms with Gasteiger partial charge in [0.15, 0.2) is 5.69 Å². The van der Waals surface area contributed by atoms with E-state index in [1.807, 2.05) is 19.1 Å². The Morgan fingerprint density at radius 2 is 2.12 bits per heavy atom. The molecule has 1 fully saturated rings. The van der Waals surface area contributed by atoms with Crippen molar-refractivity contribution in [3.8, 4) is 5.75 Å². The normalized spacial score (nSPS) is 16.8. The largest absolute Gasteiger partial charge is 0.495 e. The summed E-state index contributed by atoms with van der Waals surface area (Å²) in [4.78, 5) is 26.9. The quantitative estimate of drug-likeness (QED) is 0.922. The predicted molar refractivity (Wildman–Crippen MR) is 91.7 cm³/mol. The van der Waals surface area contributed by atoms with Crippen LogP contribution in [0.5, 0.6) is 5.75 Å². The van der Waals surface area contributed by atoms with Crippen molar-refractivity contribution in [3.05, 3.63) is 41.3 Å². The maximum Gasteiger partial charge on any atom is 0.276 e. The average molecular weight is 343 g/mol. The maximum absolute atomic E-state index is 12.7. The third-order valence-corrected chi connectivity index (χ3v) is 4.28. The maximum atomic E-state index is 12.7. The summed E-state index contributed by atoms with van der Waals surface area (Å²) in [5.74, 6) is 0.635. The Morgan fingerprint density at radius 3 is 2.80 bits per heavy atom. The molecule has 25 heavy (non-hydrogen) atoms. The highest BCUT2D eigenvalue weighted by Gasteiger charge is 2.36. The molecule has 0 aliphatic carbocycles. The Labute approximate surface area is 145 Å². The monoisotopic (exact) mass is 343 g/mol. The minimum atomic E-state index is -0.533. The second kappa shape index (κ2) is 6.96. The van der Waals surface area contributed by atoms with Crippen molar-refractivity contribution in [1.29, 1.82) is 0 Å². The molecule has 7 heteroatoms. The summed E-state index contributed by atoms with van der Waals surface area (Å²) in [7, 11) is 1.55. The molecule has 1 aromatic heterocycles. The first-order chi connectivity index (χ1) is 12.0. The van der Waals surface area contributed by atoms with Gasteiger partial charge in [-0.25, -0.2) is 0 Å². The van der Waals surface area contributed by atoms with Gasteiger partial charge in [0.2, 0.25) is 5.91 Å². The second-order valence-electron chi connectivity index (χ2n) is 6.17. The third-order valence-electron chi connectivity index (χ3n) is 4.28. The molecule has 1 aliphatic rings. The van der Waals surface area contributed by atoms with Gasteiger partial charge in [0.05, 0.1) is 12.8 Å². The summed E-state index contributed by atoms with van der Waals surface area (Å²) in [6.07, 6.45) is 1.38. The zero-order valence-corrected chi connectivity index (χ0v) is 14.5. The van der Waals surface area contributed by atoms with E-state index in [1.54, 1.807) is 31.1 Å². The Balaban J connectivity index is 1.77. The number of carbonyl (C=O) groups excluding carboxylic acids is 2. The molecule has 1 aromatic carbocycles. The number of aromatic nitrogens is 1. The van der Waals surface area contributed by atoms with E-state index in [0.717, 1.165) is 12.0 Å². The Morgan fingerprint density at radius 1 is 1.32 bits per heavy atom. The molecule has 2 aromatic rings. The number of hydrogen-bond donors (Lipinski definition) is 1. The number of rotatable bonds is 4. The molecule has 0 saturated carbocycles. The van der Waals surface area contributed by atoms with E-state index in [-0.39, 0.29) is 17.5 Å². The number of likely N-dealkylation sites (tertiary alicyclic amines) is 1. The Hall–Kier alpha value is -2.83. The number of methoxy groups -OCH3 is 1. The standard InChI is InChI=1S/C18H21N3O4/c1-11-6-7-16(24-3)13(9-11)19-17(22)15-5-4-8-21(15)18(23)14-10-12(2)25-20-14/h6-7,9-10,15H,4-5,8H2,1-3H3,(H,19,22)/t15-/m0/s1. The summed E-state index contributed by atoms with van der Waals surface area (Å²) in [5.41, 5.74) is 1.84. The summed E-state index contributed by atoms with van der Waals surface area (Å²) in [6, 6.07) is 6.61. The molecule has 2 heterocycles. The lowest BCUT2D eigenvalue weighted by molar-refractivity contribution is -0.119. The van der Waals surface area contributed by atoms with Crippen LogP contribution in [0.15, 0.2) is 28.8 Å². The molecule has 0 bridgehead atoms. The highest BCUT2D eigenvalue weighted by molar-refractivity contribution is 6.01. The minimum absolute atomic E-state index is 0.227. The Kier molecular flexibility index (Phi) is 4.74. The molecular weight excluding hydrogens is 322 g/mol. The number of hydrogen-bond acceptors (Lipinski definition) is 5. The number of carbonyl (C=O) groups is 2. The van der Waals surface area contributed by atoms with E-state index in [4.69, 9.17) is 9.26 Å². The number of aryl methyl sites for hydroxylation is 2. The molecule has 3 rings (SSSR count). The third kappa shape index (κ3) is 3.50. The number of nitrogens with zero attached hydrogens (tertiary/aromatic N) is 2. The lowest BCUT2D eigenvalue weighted by Crippen LogP contribution is -2.43. The summed E-state index contributed by atoms with van der Waals surface area (Å²) in [5, 5.41) is 6.64. The van der Waals surface area contributed by atoms with Crippen molar-refractivity contribution in [2.24, 2.45) is 0 Å². The number of amides is 2. The van der Waals surface area contributed by atoms with Crippen LogP contribution in [0.2, 0.25) is 0 Å². The van der Waals surface area contributed by atoms with Gasteiger partial charge in [-0.15, -0.1) is 0 Å². The van der Waals surface area contributed by atoms with Gasteiger partial charge in [-0.05, 0) is 44.4 Å². The van der Waals surface area contributed by atoms with Gasteiger partial charge >= 0.3 is 0 Å². The van der Waals surface area contributed by atoms with Gasteiger partial charge in [0, 0.05) is 12.6 Å². The molecule has 7 nitrogen and oxygen atoms in total. The second-order valence-corrected chi connectivity index (χ2v) is 6.17. The summed E-state index contributed by atoms with van der Waals surface area (Å²) >= 11 is 0. The lowest BCUT2D eigenvalue weighted by atomic mass is 10.1. The van der Waals surface area contributed by atoms with Crippen molar-refractivity contribution < 1.29 is 18.8 Å². The van der Waals surface area contributed by atoms with Crippen LogP contribution in [0.4, 0.5) is 5.69 Å². The Bertz CT molecular complexity index is 799. The number of ether oxygens (including phenoxy) is 1. The first kappa shape index (κ1) is 17.0. The molecule has 0 radical (unpaired) electrons. The zero-order valence-electron chi connectivity index (χ0n) is 14.5. The van der Waals surface area contributed by atoms with Crippen LogP contribution in [0.1, 0.15) is 34.7 Å². The highest BCUT2D eigenvalue weighted by Crippen LogP contribution is 2.27. The van der Waals surface area contributed by atoms with Crippen LogP contribution in [0, 0.1) is 13.8 Å². The molecular formula is C18H21N3O4. The molecule has 2 amide bonds. The fourth-order valence-electron chi connectivity index (χ4n) is 3.03. The van der Waals surface area contributed by atoms with Crippen molar-refractivity contribution in [2.45, 2.75) is 32.7 Å². The zero-order chi connectivity index (χ0) is 18.0. The van der Waals surface area contributed by atoms with E-state index >= 15 is 0 Å². The van der Waals surface area contributed by atoms with Crippen molar-refractivity contribution in [1.82, 2.24) is 10.1 Å². The van der Waals surface area contributed by atoms with E-state index < -0.39 is 6.04 Å². The van der Waals surface area contributed by atoms with E-state index in [2.05, 4.69) is 10.5 Å². The SMILES string of the molecule is COc1ccc(C)cc1NC(=O)[C@@H]1CCCN1C(=O)c1cc(C)on1. The average Bonchev–Trinajstić information content (AvgIpc) is 3.23. The van der Waals surface area contributed by atoms with Crippen LogP contribution < -0.4 is 10.1 Å². The number of nitrogens with one attached hydrogen (secondary N) is 1. The molecule has 1 atom stereocenters. The van der Waals surface area contributed by atoms with E-state index in [1.165, 1.54) is 0 Å². The molecule has 1 saturated heterocycles. The van der Waals surface area contributed by atoms with Crippen LogP contribution in [-0.2, 0) is 4.79 Å². The van der Waals surface area contributed by atoms with Gasteiger partial charge in [-0.3, -0.25) is 9.59 Å². The fraction of sp³-hybridized carbons (Fsp3) is 0.389. The van der Waals surface area contributed by atoms with Gasteiger partial charge < -0.3 is 19.5 Å². The first-order valence-electron chi connectivity index (χ1n) is 8.19. The molecule has 132 valence electrons. The van der Waals surface area contributed by atoms with Crippen molar-refractivity contribution in [3.63, 3.8) is 0 Å². The summed E-state index contributed by atoms with van der Waals surface area (Å²) < 4.78 is 10.3. The lowest BCUT2D eigenvalue weighted by Gasteiger charge is -2.23. The number of anilines is 1. The minimum Gasteiger partial charge on any atom is -0.495 e. The van der Waals surface area contributed by atoms with Gasteiger partial charge in [-0.1, -0.05) is 11.2 Å². The fourth-order valence-corrected chi connectivity index (χ4v) is 3.03. The van der Waals surface area contributed by atoms with Crippen LogP contribution in [-0.4, -0.2) is 41.6 Å². The highest BCUT2D eigenvalue weighted by atomic mass is 16.5. The molecule has 0 spiro atoms. The topological polar surface area (TPSA) is 84.7 Å². The van der Waals surface area contributed by atoms with Crippen LogP contribution >= 0.6 is 0 Å². The summed E-state index contributed by atoms with van der Waals surface area (Å²) in [6.45, 7) is 4.18. The first-order valence-corrected chi connectivity index (χ1v) is 8.19. The van der Waals surface area contributed by atoms with Crippen molar-refractivity contribution in [2.75, 3.05) is 19.0 Å². The van der Waals surface area contributed by atoms with Crippen molar-refractivity contribution >= 4 is 17.5 Å². The molecule has 1 N–H and O–H groups in total. The molecule has 0 unspecified atom stereocenters. The van der Waals surface area contributed by atoms with Gasteiger partial charge in [0.25, 0.3) is 5.91 Å². The van der Waals surface area contributed by atoms with E-state index in [0.29, 0.717) is 30.2 Å².